The lowest BCUT2D eigenvalue weighted by Crippen LogP contribution is -2.33. The molecular weight excluding hydrogens is 346 g/mol. The Bertz CT molecular complexity index is 1010. The van der Waals surface area contributed by atoms with Crippen molar-refractivity contribution in [3.8, 4) is 11.3 Å². The maximum absolute atomic E-state index is 12.2. The second-order valence-electron chi connectivity index (χ2n) is 6.46. The van der Waals surface area contributed by atoms with Crippen LogP contribution in [0.5, 0.6) is 0 Å². The molecular formula is C19H19N5O3. The summed E-state index contributed by atoms with van der Waals surface area (Å²) in [7, 11) is 0. The second kappa shape index (κ2) is 7.53. The standard InChI is InChI=1S/C19H19N5O3/c25-18-10-13-4-1-2-6-15(13)22-24(18)9-8-21-19(26)16-11-17(27-23-16)14-5-3-7-20-12-14/h3,5,7,10-12H,1-2,4,6,8-9H2,(H,21,26). The maximum Gasteiger partial charge on any atom is 0.273 e. The van der Waals surface area contributed by atoms with Crippen LogP contribution in [-0.2, 0) is 19.4 Å². The van der Waals surface area contributed by atoms with Crippen molar-refractivity contribution >= 4 is 5.91 Å². The van der Waals surface area contributed by atoms with Gasteiger partial charge in [0, 0.05) is 36.6 Å². The Labute approximate surface area is 155 Å². The Morgan fingerprint density at radius 1 is 1.26 bits per heavy atom. The molecule has 1 amide bonds. The van der Waals surface area contributed by atoms with Gasteiger partial charge in [0.1, 0.15) is 0 Å². The summed E-state index contributed by atoms with van der Waals surface area (Å²) in [5.41, 5.74) is 2.83. The largest absolute Gasteiger partial charge is 0.355 e. The Morgan fingerprint density at radius 3 is 3.00 bits per heavy atom. The first-order chi connectivity index (χ1) is 13.2. The number of fused-ring (bicyclic) bond motifs is 1. The zero-order chi connectivity index (χ0) is 18.6. The molecule has 8 heteroatoms. The van der Waals surface area contributed by atoms with Gasteiger partial charge in [0.25, 0.3) is 11.5 Å². The summed E-state index contributed by atoms with van der Waals surface area (Å²) in [4.78, 5) is 28.4. The van der Waals surface area contributed by atoms with Gasteiger partial charge in [0.05, 0.1) is 12.2 Å². The van der Waals surface area contributed by atoms with E-state index in [9.17, 15) is 9.59 Å². The molecule has 8 nitrogen and oxygen atoms in total. The van der Waals surface area contributed by atoms with Gasteiger partial charge in [-0.25, -0.2) is 4.68 Å². The average molecular weight is 365 g/mol. The molecule has 0 unspecified atom stereocenters. The third kappa shape index (κ3) is 3.79. The molecule has 0 atom stereocenters. The molecule has 0 saturated heterocycles. The van der Waals surface area contributed by atoms with E-state index in [4.69, 9.17) is 4.52 Å². The highest BCUT2D eigenvalue weighted by Gasteiger charge is 2.15. The van der Waals surface area contributed by atoms with Crippen molar-refractivity contribution < 1.29 is 9.32 Å². The third-order valence-corrected chi connectivity index (χ3v) is 4.57. The Balaban J connectivity index is 1.38. The predicted octanol–water partition coefficient (Wildman–Crippen LogP) is 1.60. The summed E-state index contributed by atoms with van der Waals surface area (Å²) in [5, 5.41) is 11.0. The van der Waals surface area contributed by atoms with Crippen LogP contribution in [0, 0.1) is 0 Å². The molecule has 4 rings (SSSR count). The minimum atomic E-state index is -0.361. The van der Waals surface area contributed by atoms with Crippen LogP contribution >= 0.6 is 0 Å². The summed E-state index contributed by atoms with van der Waals surface area (Å²) in [6.45, 7) is 0.588. The zero-order valence-electron chi connectivity index (χ0n) is 14.7. The monoisotopic (exact) mass is 365 g/mol. The molecule has 0 aromatic carbocycles. The number of nitrogens with zero attached hydrogens (tertiary/aromatic N) is 4. The maximum atomic E-state index is 12.2. The Morgan fingerprint density at radius 2 is 2.15 bits per heavy atom. The minimum absolute atomic E-state index is 0.134. The van der Waals surface area contributed by atoms with Crippen molar-refractivity contribution in [1.29, 1.82) is 0 Å². The van der Waals surface area contributed by atoms with Gasteiger partial charge in [-0.2, -0.15) is 5.10 Å². The van der Waals surface area contributed by atoms with Gasteiger partial charge in [-0.1, -0.05) is 5.16 Å². The van der Waals surface area contributed by atoms with Gasteiger partial charge in [0.15, 0.2) is 11.5 Å². The lowest BCUT2D eigenvalue weighted by Gasteiger charge is -2.15. The van der Waals surface area contributed by atoms with Gasteiger partial charge >= 0.3 is 0 Å². The van der Waals surface area contributed by atoms with Crippen LogP contribution in [-0.4, -0.2) is 32.4 Å². The fraction of sp³-hybridized carbons (Fsp3) is 0.316. The van der Waals surface area contributed by atoms with E-state index >= 15 is 0 Å². The van der Waals surface area contributed by atoms with Crippen molar-refractivity contribution in [2.75, 3.05) is 6.54 Å². The third-order valence-electron chi connectivity index (χ3n) is 4.57. The zero-order valence-corrected chi connectivity index (χ0v) is 14.7. The van der Waals surface area contributed by atoms with E-state index in [0.29, 0.717) is 12.3 Å². The SMILES string of the molecule is O=C(NCCn1nc2c(cc1=O)CCCC2)c1cc(-c2cccnc2)on1. The van der Waals surface area contributed by atoms with Crippen molar-refractivity contribution in [1.82, 2.24) is 25.2 Å². The van der Waals surface area contributed by atoms with Gasteiger partial charge in [-0.15, -0.1) is 0 Å². The van der Waals surface area contributed by atoms with Crippen LogP contribution in [0.15, 0.2) is 46.0 Å². The highest BCUT2D eigenvalue weighted by Crippen LogP contribution is 2.19. The molecule has 27 heavy (non-hydrogen) atoms. The number of carbonyl (C=O) groups excluding carboxylic acids is 1. The normalized spacial score (nSPS) is 13.2. The highest BCUT2D eigenvalue weighted by atomic mass is 16.5. The van der Waals surface area contributed by atoms with Gasteiger partial charge in [-0.05, 0) is 43.4 Å². The van der Waals surface area contributed by atoms with E-state index in [0.717, 1.165) is 42.5 Å². The van der Waals surface area contributed by atoms with Crippen LogP contribution < -0.4 is 10.9 Å². The minimum Gasteiger partial charge on any atom is -0.355 e. The molecule has 0 radical (unpaired) electrons. The van der Waals surface area contributed by atoms with Gasteiger partial charge in [-0.3, -0.25) is 14.6 Å². The topological polar surface area (TPSA) is 103 Å². The molecule has 1 N–H and O–H groups in total. The summed E-state index contributed by atoms with van der Waals surface area (Å²) in [6.07, 6.45) is 7.31. The Hall–Kier alpha value is -3.29. The molecule has 3 heterocycles. The van der Waals surface area contributed by atoms with Crippen molar-refractivity contribution in [2.45, 2.75) is 32.2 Å². The summed E-state index contributed by atoms with van der Waals surface area (Å²) in [5.74, 6) is 0.112. The molecule has 0 spiro atoms. The number of amides is 1. The molecule has 138 valence electrons. The van der Waals surface area contributed by atoms with Crippen LogP contribution in [0.2, 0.25) is 0 Å². The second-order valence-corrected chi connectivity index (χ2v) is 6.46. The lowest BCUT2D eigenvalue weighted by molar-refractivity contribution is 0.0942. The molecule has 3 aromatic rings. The van der Waals surface area contributed by atoms with E-state index < -0.39 is 0 Å². The van der Waals surface area contributed by atoms with Crippen molar-refractivity contribution in [2.24, 2.45) is 0 Å². The summed E-state index contributed by atoms with van der Waals surface area (Å²) >= 11 is 0. The number of carbonyl (C=O) groups is 1. The lowest BCUT2D eigenvalue weighted by atomic mass is 9.97. The fourth-order valence-electron chi connectivity index (χ4n) is 3.15. The summed E-state index contributed by atoms with van der Waals surface area (Å²) in [6, 6.07) is 6.83. The van der Waals surface area contributed by atoms with Crippen molar-refractivity contribution in [3.63, 3.8) is 0 Å². The first-order valence-electron chi connectivity index (χ1n) is 8.96. The smallest absolute Gasteiger partial charge is 0.273 e. The molecule has 0 aliphatic heterocycles. The van der Waals surface area contributed by atoms with Crippen LogP contribution in [0.25, 0.3) is 11.3 Å². The number of hydrogen-bond acceptors (Lipinski definition) is 6. The predicted molar refractivity (Wildman–Crippen MR) is 97.2 cm³/mol. The number of nitrogens with one attached hydrogen (secondary N) is 1. The first kappa shape index (κ1) is 17.1. The Kier molecular flexibility index (Phi) is 4.78. The van der Waals surface area contributed by atoms with E-state index in [2.05, 4.69) is 20.6 Å². The van der Waals surface area contributed by atoms with Gasteiger partial charge < -0.3 is 9.84 Å². The quantitative estimate of drug-likeness (QED) is 0.737. The fourth-order valence-corrected chi connectivity index (χ4v) is 3.15. The van der Waals surface area contributed by atoms with Crippen LogP contribution in [0.4, 0.5) is 0 Å². The molecule has 0 fully saturated rings. The number of aromatic nitrogens is 4. The average Bonchev–Trinajstić information content (AvgIpc) is 3.19. The highest BCUT2D eigenvalue weighted by molar-refractivity contribution is 5.93. The molecule has 1 aliphatic carbocycles. The van der Waals surface area contributed by atoms with E-state index in [1.165, 1.54) is 4.68 Å². The van der Waals surface area contributed by atoms with E-state index in [1.807, 2.05) is 6.07 Å². The number of rotatable bonds is 5. The van der Waals surface area contributed by atoms with Gasteiger partial charge in [0.2, 0.25) is 0 Å². The molecule has 0 bridgehead atoms. The first-order valence-corrected chi connectivity index (χ1v) is 8.96. The number of pyridine rings is 1. The molecule has 0 saturated carbocycles. The van der Waals surface area contributed by atoms with E-state index in [1.54, 1.807) is 30.6 Å². The summed E-state index contributed by atoms with van der Waals surface area (Å²) < 4.78 is 6.61. The van der Waals surface area contributed by atoms with Crippen LogP contribution in [0.3, 0.4) is 0 Å². The number of hydrogen-bond donors (Lipinski definition) is 1. The number of aryl methyl sites for hydroxylation is 2. The van der Waals surface area contributed by atoms with Crippen molar-refractivity contribution in [3.05, 3.63) is 64.0 Å². The molecule has 3 aromatic heterocycles. The molecule has 1 aliphatic rings. The van der Waals surface area contributed by atoms with Crippen LogP contribution in [0.1, 0.15) is 34.6 Å². The van der Waals surface area contributed by atoms with E-state index in [-0.39, 0.29) is 23.7 Å².